The van der Waals surface area contributed by atoms with Gasteiger partial charge in [-0.3, -0.25) is 14.2 Å². The molecule has 0 saturated carbocycles. The minimum atomic E-state index is -0.181. The number of nitrogens with one attached hydrogen (secondary N) is 1. The predicted octanol–water partition coefficient (Wildman–Crippen LogP) is 4.69. The maximum absolute atomic E-state index is 13.3. The highest BCUT2D eigenvalue weighted by Gasteiger charge is 2.15. The first kappa shape index (κ1) is 21.6. The molecule has 3 aromatic carbocycles. The van der Waals surface area contributed by atoms with Gasteiger partial charge in [0.2, 0.25) is 5.91 Å². The number of amides is 1. The van der Waals surface area contributed by atoms with Crippen molar-refractivity contribution in [2.24, 2.45) is 0 Å². The zero-order valence-electron chi connectivity index (χ0n) is 17.9. The van der Waals surface area contributed by atoms with Crippen molar-refractivity contribution in [3.8, 4) is 11.4 Å². The number of carbonyl (C=O) groups excluding carboxylic acids is 1. The Hall–Kier alpha value is -3.58. The number of thioether (sulfide) groups is 1. The highest BCUT2D eigenvalue weighted by Crippen LogP contribution is 2.23. The van der Waals surface area contributed by atoms with Gasteiger partial charge < -0.3 is 10.1 Å². The van der Waals surface area contributed by atoms with Crippen LogP contribution in [0.2, 0.25) is 0 Å². The normalized spacial score (nSPS) is 10.8. The van der Waals surface area contributed by atoms with E-state index in [0.29, 0.717) is 27.5 Å². The molecule has 0 radical (unpaired) electrons. The molecule has 0 saturated heterocycles. The van der Waals surface area contributed by atoms with Gasteiger partial charge in [-0.2, -0.15) is 0 Å². The summed E-state index contributed by atoms with van der Waals surface area (Å²) in [5.74, 6) is 0.655. The van der Waals surface area contributed by atoms with Crippen LogP contribution >= 0.6 is 11.8 Å². The third kappa shape index (κ3) is 4.68. The molecule has 7 heteroatoms. The molecule has 4 rings (SSSR count). The van der Waals surface area contributed by atoms with E-state index in [1.54, 1.807) is 43.5 Å². The Morgan fingerprint density at radius 3 is 2.59 bits per heavy atom. The number of fused-ring (bicyclic) bond motifs is 1. The van der Waals surface area contributed by atoms with E-state index in [-0.39, 0.29) is 17.2 Å². The number of carbonyl (C=O) groups is 1. The first-order chi connectivity index (χ1) is 15.6. The first-order valence-corrected chi connectivity index (χ1v) is 11.3. The van der Waals surface area contributed by atoms with E-state index < -0.39 is 0 Å². The summed E-state index contributed by atoms with van der Waals surface area (Å²) < 4.78 is 6.77. The number of hydrogen-bond acceptors (Lipinski definition) is 5. The Bertz CT molecular complexity index is 1320. The molecule has 32 heavy (non-hydrogen) atoms. The summed E-state index contributed by atoms with van der Waals surface area (Å²) in [5.41, 5.74) is 2.99. The third-order valence-corrected chi connectivity index (χ3v) is 5.97. The van der Waals surface area contributed by atoms with Crippen molar-refractivity contribution < 1.29 is 9.53 Å². The highest BCUT2D eigenvalue weighted by molar-refractivity contribution is 7.99. The summed E-state index contributed by atoms with van der Waals surface area (Å²) in [6.07, 6.45) is 0.896. The zero-order chi connectivity index (χ0) is 22.5. The van der Waals surface area contributed by atoms with Crippen LogP contribution in [0.3, 0.4) is 0 Å². The molecule has 0 atom stereocenters. The zero-order valence-corrected chi connectivity index (χ0v) is 18.7. The second-order valence-corrected chi connectivity index (χ2v) is 8.08. The number of aryl methyl sites for hydroxylation is 1. The number of anilines is 1. The minimum absolute atomic E-state index is 0.122. The molecule has 0 aliphatic rings. The van der Waals surface area contributed by atoms with Crippen molar-refractivity contribution in [2.45, 2.75) is 18.5 Å². The SMILES string of the molecule is CCc1cccc(NC(=O)CSc2nc3ccccc3c(=O)n2-c2ccc(OC)cc2)c1. The summed E-state index contributed by atoms with van der Waals surface area (Å²) in [6.45, 7) is 2.07. The van der Waals surface area contributed by atoms with Crippen molar-refractivity contribution in [3.05, 3.63) is 88.7 Å². The Morgan fingerprint density at radius 2 is 1.84 bits per heavy atom. The van der Waals surface area contributed by atoms with Crippen LogP contribution in [0.25, 0.3) is 16.6 Å². The highest BCUT2D eigenvalue weighted by atomic mass is 32.2. The lowest BCUT2D eigenvalue weighted by molar-refractivity contribution is -0.113. The quantitative estimate of drug-likeness (QED) is 0.330. The van der Waals surface area contributed by atoms with E-state index in [9.17, 15) is 9.59 Å². The Morgan fingerprint density at radius 1 is 1.06 bits per heavy atom. The number of methoxy groups -OCH3 is 1. The number of rotatable bonds is 7. The molecule has 1 amide bonds. The number of ether oxygens (including phenoxy) is 1. The molecule has 1 aromatic heterocycles. The van der Waals surface area contributed by atoms with Gasteiger partial charge in [0.05, 0.1) is 29.5 Å². The molecule has 1 heterocycles. The first-order valence-electron chi connectivity index (χ1n) is 10.3. The molecule has 0 aliphatic heterocycles. The van der Waals surface area contributed by atoms with Crippen LogP contribution in [-0.2, 0) is 11.2 Å². The van der Waals surface area contributed by atoms with Crippen molar-refractivity contribution in [3.63, 3.8) is 0 Å². The molecule has 162 valence electrons. The van der Waals surface area contributed by atoms with Crippen LogP contribution in [0.1, 0.15) is 12.5 Å². The van der Waals surface area contributed by atoms with Crippen LogP contribution in [0.5, 0.6) is 5.75 Å². The molecule has 0 unspecified atom stereocenters. The maximum atomic E-state index is 13.3. The fourth-order valence-corrected chi connectivity index (χ4v) is 4.18. The molecule has 0 spiro atoms. The largest absolute Gasteiger partial charge is 0.497 e. The molecule has 0 fully saturated rings. The van der Waals surface area contributed by atoms with E-state index in [1.807, 2.05) is 36.4 Å². The van der Waals surface area contributed by atoms with Gasteiger partial charge in [0.25, 0.3) is 5.56 Å². The number of nitrogens with zero attached hydrogens (tertiary/aromatic N) is 2. The number of hydrogen-bond donors (Lipinski definition) is 1. The summed E-state index contributed by atoms with van der Waals surface area (Å²) in [6, 6.07) is 22.2. The van der Waals surface area contributed by atoms with Gasteiger partial charge in [-0.05, 0) is 60.5 Å². The lowest BCUT2D eigenvalue weighted by Crippen LogP contribution is -2.23. The van der Waals surface area contributed by atoms with E-state index in [1.165, 1.54) is 16.3 Å². The average molecular weight is 446 g/mol. The van der Waals surface area contributed by atoms with Gasteiger partial charge in [0.15, 0.2) is 5.16 Å². The molecular weight excluding hydrogens is 422 g/mol. The molecular formula is C25H23N3O3S. The van der Waals surface area contributed by atoms with Crippen LogP contribution < -0.4 is 15.6 Å². The van der Waals surface area contributed by atoms with Crippen LogP contribution in [0, 0.1) is 0 Å². The van der Waals surface area contributed by atoms with E-state index in [0.717, 1.165) is 17.7 Å². The van der Waals surface area contributed by atoms with Gasteiger partial charge in [0, 0.05) is 5.69 Å². The summed E-state index contributed by atoms with van der Waals surface area (Å²) in [7, 11) is 1.59. The predicted molar refractivity (Wildman–Crippen MR) is 129 cm³/mol. The minimum Gasteiger partial charge on any atom is -0.497 e. The van der Waals surface area contributed by atoms with Gasteiger partial charge in [-0.15, -0.1) is 0 Å². The van der Waals surface area contributed by atoms with Crippen molar-refractivity contribution in [2.75, 3.05) is 18.2 Å². The Kier molecular flexibility index (Phi) is 6.56. The second kappa shape index (κ2) is 9.70. The summed E-state index contributed by atoms with van der Waals surface area (Å²) >= 11 is 1.23. The molecule has 4 aromatic rings. The lowest BCUT2D eigenvalue weighted by Gasteiger charge is -2.14. The molecule has 6 nitrogen and oxygen atoms in total. The van der Waals surface area contributed by atoms with Gasteiger partial charge in [-0.25, -0.2) is 4.98 Å². The van der Waals surface area contributed by atoms with E-state index in [4.69, 9.17) is 4.74 Å². The maximum Gasteiger partial charge on any atom is 0.266 e. The topological polar surface area (TPSA) is 73.2 Å². The number of para-hydroxylation sites is 1. The molecule has 0 bridgehead atoms. The van der Waals surface area contributed by atoms with Crippen LogP contribution in [0.15, 0.2) is 82.7 Å². The van der Waals surface area contributed by atoms with Gasteiger partial charge >= 0.3 is 0 Å². The number of benzene rings is 3. The monoisotopic (exact) mass is 445 g/mol. The standard InChI is InChI=1S/C25H23N3O3S/c1-3-17-7-6-8-18(15-17)26-23(29)16-32-25-27-22-10-5-4-9-21(22)24(30)28(25)19-11-13-20(31-2)14-12-19/h4-15H,3,16H2,1-2H3,(H,26,29). The lowest BCUT2D eigenvalue weighted by atomic mass is 10.1. The van der Waals surface area contributed by atoms with Crippen LogP contribution in [0.4, 0.5) is 5.69 Å². The smallest absolute Gasteiger partial charge is 0.266 e. The second-order valence-electron chi connectivity index (χ2n) is 7.14. The van der Waals surface area contributed by atoms with Crippen molar-refractivity contribution >= 4 is 34.3 Å². The average Bonchev–Trinajstić information content (AvgIpc) is 2.83. The Labute approximate surface area is 190 Å². The summed E-state index contributed by atoms with van der Waals surface area (Å²) in [4.78, 5) is 30.6. The Balaban J connectivity index is 1.64. The van der Waals surface area contributed by atoms with Crippen LogP contribution in [-0.4, -0.2) is 28.3 Å². The van der Waals surface area contributed by atoms with E-state index >= 15 is 0 Å². The molecule has 0 aliphatic carbocycles. The summed E-state index contributed by atoms with van der Waals surface area (Å²) in [5, 5.41) is 3.90. The fraction of sp³-hybridized carbons (Fsp3) is 0.160. The van der Waals surface area contributed by atoms with Gasteiger partial charge in [-0.1, -0.05) is 43.0 Å². The number of aromatic nitrogens is 2. The third-order valence-electron chi connectivity index (χ3n) is 5.03. The molecule has 1 N–H and O–H groups in total. The van der Waals surface area contributed by atoms with Crippen molar-refractivity contribution in [1.82, 2.24) is 9.55 Å². The van der Waals surface area contributed by atoms with E-state index in [2.05, 4.69) is 17.2 Å². The fourth-order valence-electron chi connectivity index (χ4n) is 3.36. The van der Waals surface area contributed by atoms with Crippen molar-refractivity contribution in [1.29, 1.82) is 0 Å². The van der Waals surface area contributed by atoms with Gasteiger partial charge in [0.1, 0.15) is 5.75 Å².